The molecule has 0 heteroatoms. The fourth-order valence-corrected chi connectivity index (χ4v) is 0. The van der Waals surface area contributed by atoms with Gasteiger partial charge in [0.25, 0.3) is 0 Å². The van der Waals surface area contributed by atoms with E-state index in [2.05, 4.69) is 55.0 Å². The highest BCUT2D eigenvalue weighted by Crippen LogP contribution is 1.93. The SMILES string of the molecule is C=CC.CCC.CCC.CCC(C)C. The van der Waals surface area contributed by atoms with Crippen LogP contribution >= 0.6 is 0 Å². The second kappa shape index (κ2) is 38.7. The molecule has 0 spiro atoms. The summed E-state index contributed by atoms with van der Waals surface area (Å²) in [5.41, 5.74) is 0. The fourth-order valence-electron chi connectivity index (χ4n) is 0. The molecule has 0 N–H and O–H groups in total. The van der Waals surface area contributed by atoms with Crippen molar-refractivity contribution in [1.29, 1.82) is 0 Å². The molecule has 0 aliphatic rings. The van der Waals surface area contributed by atoms with Crippen LogP contribution in [0.4, 0.5) is 0 Å². The summed E-state index contributed by atoms with van der Waals surface area (Å²) in [5.74, 6) is 0.884. The molecule has 0 aromatic heterocycles. The molecule has 0 aliphatic carbocycles. The van der Waals surface area contributed by atoms with Gasteiger partial charge in [0, 0.05) is 0 Å². The van der Waals surface area contributed by atoms with Crippen LogP contribution in [-0.2, 0) is 0 Å². The lowest BCUT2D eigenvalue weighted by Crippen LogP contribution is -1.77. The summed E-state index contributed by atoms with van der Waals surface area (Å²) in [7, 11) is 0. The number of allylic oxidation sites excluding steroid dienone is 1. The standard InChI is InChI=1S/C5H12.2C3H8.C3H6/c1-4-5(2)3;3*1-3-2/h5H,4H2,1-3H3;2*3H2,1-2H3;3H,1H2,2H3. The molecule has 0 heterocycles. The molecule has 0 radical (unpaired) electrons. The van der Waals surface area contributed by atoms with Gasteiger partial charge >= 0.3 is 0 Å². The largest absolute Gasteiger partial charge is 0.103 e. The summed E-state index contributed by atoms with van der Waals surface area (Å²) in [6.45, 7) is 20.4. The molecule has 0 aromatic rings. The van der Waals surface area contributed by atoms with Gasteiger partial charge in [0.2, 0.25) is 0 Å². The minimum absolute atomic E-state index is 0.884. The van der Waals surface area contributed by atoms with E-state index in [9.17, 15) is 0 Å². The van der Waals surface area contributed by atoms with Gasteiger partial charge in [0.1, 0.15) is 0 Å². The molecule has 0 rings (SSSR count). The van der Waals surface area contributed by atoms with Crippen molar-refractivity contribution >= 4 is 0 Å². The Kier molecular flexibility index (Phi) is 64.9. The zero-order valence-electron chi connectivity index (χ0n) is 12.0. The Hall–Kier alpha value is -0.260. The molecule has 90 valence electrons. The van der Waals surface area contributed by atoms with E-state index in [4.69, 9.17) is 0 Å². The lowest BCUT2D eigenvalue weighted by molar-refractivity contribution is 0.626. The first-order valence-corrected chi connectivity index (χ1v) is 6.08. The molecule has 0 saturated heterocycles. The van der Waals surface area contributed by atoms with E-state index in [1.54, 1.807) is 6.08 Å². The first-order chi connectivity index (χ1) is 6.51. The molecule has 0 fully saturated rings. The van der Waals surface area contributed by atoms with E-state index in [-0.39, 0.29) is 0 Å². The maximum absolute atomic E-state index is 3.36. The monoisotopic (exact) mass is 202 g/mol. The number of rotatable bonds is 1. The van der Waals surface area contributed by atoms with Gasteiger partial charge in [0.15, 0.2) is 0 Å². The van der Waals surface area contributed by atoms with Gasteiger partial charge in [-0.3, -0.25) is 0 Å². The van der Waals surface area contributed by atoms with Crippen LogP contribution in [-0.4, -0.2) is 0 Å². The van der Waals surface area contributed by atoms with Gasteiger partial charge in [-0.25, -0.2) is 0 Å². The smallest absolute Gasteiger partial charge is 0.0473 e. The predicted molar refractivity (Wildman–Crippen MR) is 72.9 cm³/mol. The van der Waals surface area contributed by atoms with E-state index < -0.39 is 0 Å². The van der Waals surface area contributed by atoms with Gasteiger partial charge in [-0.2, -0.15) is 0 Å². The van der Waals surface area contributed by atoms with Crippen molar-refractivity contribution in [3.05, 3.63) is 12.7 Å². The van der Waals surface area contributed by atoms with E-state index >= 15 is 0 Å². The van der Waals surface area contributed by atoms with Gasteiger partial charge in [0.05, 0.1) is 0 Å². The maximum Gasteiger partial charge on any atom is -0.0473 e. The van der Waals surface area contributed by atoms with Crippen molar-refractivity contribution in [3.8, 4) is 0 Å². The van der Waals surface area contributed by atoms with Crippen molar-refractivity contribution in [1.82, 2.24) is 0 Å². The third-order valence-corrected chi connectivity index (χ3v) is 0.816. The second-order valence-corrected chi connectivity index (χ2v) is 3.62. The zero-order valence-corrected chi connectivity index (χ0v) is 12.0. The lowest BCUT2D eigenvalue weighted by atomic mass is 10.2. The first-order valence-electron chi connectivity index (χ1n) is 6.08. The average Bonchev–Trinajstić information content (AvgIpc) is 2.08. The molecular formula is C14H34. The van der Waals surface area contributed by atoms with Gasteiger partial charge in [-0.15, -0.1) is 6.58 Å². The molecule has 0 aliphatic heterocycles. The summed E-state index contributed by atoms with van der Waals surface area (Å²) in [6, 6.07) is 0. The Morgan fingerprint density at radius 2 is 1.00 bits per heavy atom. The van der Waals surface area contributed by atoms with Crippen LogP contribution in [0.2, 0.25) is 0 Å². The fraction of sp³-hybridized carbons (Fsp3) is 0.857. The van der Waals surface area contributed by atoms with E-state index in [1.807, 2.05) is 6.92 Å². The molecule has 0 unspecified atom stereocenters. The van der Waals surface area contributed by atoms with Crippen LogP contribution in [0.1, 0.15) is 74.7 Å². The second-order valence-electron chi connectivity index (χ2n) is 3.62. The molecule has 0 amide bonds. The van der Waals surface area contributed by atoms with Crippen LogP contribution in [0.3, 0.4) is 0 Å². The highest BCUT2D eigenvalue weighted by Gasteiger charge is 1.80. The zero-order chi connectivity index (χ0) is 12.4. The molecule has 0 bridgehead atoms. The Morgan fingerprint density at radius 1 is 0.929 bits per heavy atom. The Balaban J connectivity index is -0.0000000495. The molecule has 0 nitrogen and oxygen atoms in total. The molecule has 0 atom stereocenters. The highest BCUT2D eigenvalue weighted by molar-refractivity contribution is 4.51. The molecular weight excluding hydrogens is 168 g/mol. The first kappa shape index (κ1) is 23.5. The summed E-state index contributed by atoms with van der Waals surface area (Å²) in [4.78, 5) is 0. The van der Waals surface area contributed by atoms with Gasteiger partial charge in [-0.05, 0) is 12.8 Å². The Morgan fingerprint density at radius 3 is 1.00 bits per heavy atom. The van der Waals surface area contributed by atoms with E-state index in [0.717, 1.165) is 5.92 Å². The Bertz CT molecular complexity index is 51.1. The van der Waals surface area contributed by atoms with E-state index in [0.29, 0.717) is 0 Å². The maximum atomic E-state index is 3.36. The highest BCUT2D eigenvalue weighted by atomic mass is 13.9. The van der Waals surface area contributed by atoms with E-state index in [1.165, 1.54) is 19.3 Å². The van der Waals surface area contributed by atoms with Crippen molar-refractivity contribution in [2.75, 3.05) is 0 Å². The summed E-state index contributed by atoms with van der Waals surface area (Å²) in [5, 5.41) is 0. The summed E-state index contributed by atoms with van der Waals surface area (Å²) in [6.07, 6.45) is 5.56. The molecule has 0 saturated carbocycles. The van der Waals surface area contributed by atoms with Crippen molar-refractivity contribution in [2.24, 2.45) is 5.92 Å². The van der Waals surface area contributed by atoms with Gasteiger partial charge in [-0.1, -0.05) is 73.8 Å². The summed E-state index contributed by atoms with van der Waals surface area (Å²) < 4.78 is 0. The lowest BCUT2D eigenvalue weighted by Gasteiger charge is -1.90. The number of hydrogen-bond acceptors (Lipinski definition) is 0. The quantitative estimate of drug-likeness (QED) is 0.452. The van der Waals surface area contributed by atoms with Crippen LogP contribution in [0.5, 0.6) is 0 Å². The average molecular weight is 202 g/mol. The molecule has 0 aromatic carbocycles. The predicted octanol–water partition coefficient (Wildman–Crippen LogP) is 6.08. The normalized spacial score (nSPS) is 6.93. The van der Waals surface area contributed by atoms with Crippen molar-refractivity contribution in [2.45, 2.75) is 74.7 Å². The van der Waals surface area contributed by atoms with Crippen LogP contribution in [0.25, 0.3) is 0 Å². The summed E-state index contributed by atoms with van der Waals surface area (Å²) >= 11 is 0. The Labute approximate surface area is 93.8 Å². The third-order valence-electron chi connectivity index (χ3n) is 0.816. The van der Waals surface area contributed by atoms with Crippen LogP contribution < -0.4 is 0 Å². The molecule has 14 heavy (non-hydrogen) atoms. The van der Waals surface area contributed by atoms with Crippen LogP contribution in [0, 0.1) is 5.92 Å². The van der Waals surface area contributed by atoms with Crippen molar-refractivity contribution < 1.29 is 0 Å². The minimum atomic E-state index is 0.884. The topological polar surface area (TPSA) is 0 Å². The minimum Gasteiger partial charge on any atom is -0.103 e. The number of hydrogen-bond donors (Lipinski definition) is 0. The van der Waals surface area contributed by atoms with Crippen molar-refractivity contribution in [3.63, 3.8) is 0 Å². The third kappa shape index (κ3) is 447. The van der Waals surface area contributed by atoms with Gasteiger partial charge < -0.3 is 0 Å². The van der Waals surface area contributed by atoms with Crippen LogP contribution in [0.15, 0.2) is 12.7 Å².